The second-order valence-corrected chi connectivity index (χ2v) is 4.59. The van der Waals surface area contributed by atoms with E-state index < -0.39 is 0 Å². The number of nitrogens with zero attached hydrogens (tertiary/aromatic N) is 1. The molecule has 1 heterocycles. The van der Waals surface area contributed by atoms with Gasteiger partial charge in [-0.2, -0.15) is 0 Å². The van der Waals surface area contributed by atoms with Crippen LogP contribution in [0.15, 0.2) is 42.5 Å². The van der Waals surface area contributed by atoms with Crippen LogP contribution in [-0.2, 0) is 4.79 Å². The van der Waals surface area contributed by atoms with Crippen LogP contribution < -0.4 is 10.1 Å². The second-order valence-electron chi connectivity index (χ2n) is 4.59. The Bertz CT molecular complexity index is 668. The summed E-state index contributed by atoms with van der Waals surface area (Å²) >= 11 is 0. The van der Waals surface area contributed by atoms with Crippen molar-refractivity contribution >= 4 is 17.5 Å². The van der Waals surface area contributed by atoms with Crippen molar-refractivity contribution in [1.82, 2.24) is 4.98 Å². The number of rotatable bonds is 5. The number of pyridine rings is 1. The Morgan fingerprint density at radius 3 is 2.67 bits per heavy atom. The van der Waals surface area contributed by atoms with E-state index in [0.717, 1.165) is 5.69 Å². The number of carbonyl (C=O) groups is 2. The fraction of sp³-hybridized carbons (Fsp3) is 0.188. The molecular formula is C16H16N2O3. The average molecular weight is 284 g/mol. The van der Waals surface area contributed by atoms with E-state index in [0.29, 0.717) is 17.1 Å². The van der Waals surface area contributed by atoms with Crippen molar-refractivity contribution in [3.63, 3.8) is 0 Å². The normalized spacial score (nSPS) is 10.0. The standard InChI is InChI=1S/C16H16N2O3/c1-11-5-3-8-15(17-11)18-16(20)10-21-14-7-4-6-13(9-14)12(2)19/h3-9H,10H2,1-2H3,(H,17,18,20). The highest BCUT2D eigenvalue weighted by atomic mass is 16.5. The van der Waals surface area contributed by atoms with Crippen LogP contribution >= 0.6 is 0 Å². The molecule has 2 aromatic rings. The first-order valence-electron chi connectivity index (χ1n) is 6.52. The zero-order valence-electron chi connectivity index (χ0n) is 11.9. The Labute approximate surface area is 123 Å². The number of benzene rings is 1. The number of carbonyl (C=O) groups excluding carboxylic acids is 2. The molecule has 0 aliphatic heterocycles. The molecule has 1 N–H and O–H groups in total. The summed E-state index contributed by atoms with van der Waals surface area (Å²) in [5.41, 5.74) is 1.37. The molecule has 5 nitrogen and oxygen atoms in total. The van der Waals surface area contributed by atoms with Gasteiger partial charge in [0, 0.05) is 11.3 Å². The van der Waals surface area contributed by atoms with Crippen LogP contribution in [0, 0.1) is 6.92 Å². The number of nitrogens with one attached hydrogen (secondary N) is 1. The van der Waals surface area contributed by atoms with Gasteiger partial charge in [-0.3, -0.25) is 9.59 Å². The van der Waals surface area contributed by atoms with Crippen LogP contribution in [-0.4, -0.2) is 23.3 Å². The molecule has 0 saturated heterocycles. The minimum Gasteiger partial charge on any atom is -0.484 e. The minimum absolute atomic E-state index is 0.0473. The molecule has 0 bridgehead atoms. The van der Waals surface area contributed by atoms with Crippen LogP contribution in [0.3, 0.4) is 0 Å². The molecule has 21 heavy (non-hydrogen) atoms. The molecule has 108 valence electrons. The topological polar surface area (TPSA) is 68.3 Å². The number of amides is 1. The Morgan fingerprint density at radius 2 is 1.95 bits per heavy atom. The highest BCUT2D eigenvalue weighted by Gasteiger charge is 2.06. The van der Waals surface area contributed by atoms with Crippen LogP contribution in [0.1, 0.15) is 23.0 Å². The first kappa shape index (κ1) is 14.7. The van der Waals surface area contributed by atoms with E-state index in [9.17, 15) is 9.59 Å². The molecule has 2 rings (SSSR count). The second kappa shape index (κ2) is 6.65. The zero-order chi connectivity index (χ0) is 15.2. The summed E-state index contributed by atoms with van der Waals surface area (Å²) in [5, 5.41) is 2.65. The van der Waals surface area contributed by atoms with Gasteiger partial charge in [0.2, 0.25) is 0 Å². The first-order chi connectivity index (χ1) is 10.0. The lowest BCUT2D eigenvalue weighted by atomic mass is 10.1. The predicted octanol–water partition coefficient (Wildman–Crippen LogP) is 2.61. The van der Waals surface area contributed by atoms with E-state index in [-0.39, 0.29) is 18.3 Å². The molecule has 0 radical (unpaired) electrons. The largest absolute Gasteiger partial charge is 0.484 e. The summed E-state index contributed by atoms with van der Waals surface area (Å²) in [4.78, 5) is 27.2. The number of anilines is 1. The van der Waals surface area contributed by atoms with Gasteiger partial charge in [0.05, 0.1) is 0 Å². The number of hydrogen-bond donors (Lipinski definition) is 1. The number of ketones is 1. The van der Waals surface area contributed by atoms with Gasteiger partial charge >= 0.3 is 0 Å². The smallest absolute Gasteiger partial charge is 0.263 e. The number of hydrogen-bond acceptors (Lipinski definition) is 4. The first-order valence-corrected chi connectivity index (χ1v) is 6.52. The molecule has 0 spiro atoms. The molecule has 1 aromatic heterocycles. The fourth-order valence-corrected chi connectivity index (χ4v) is 1.75. The third-order valence-electron chi connectivity index (χ3n) is 2.77. The van der Waals surface area contributed by atoms with E-state index in [1.165, 1.54) is 6.92 Å². The molecule has 1 aromatic carbocycles. The number of ether oxygens (including phenoxy) is 1. The van der Waals surface area contributed by atoms with Crippen molar-refractivity contribution in [2.75, 3.05) is 11.9 Å². The molecule has 0 atom stereocenters. The van der Waals surface area contributed by atoms with Gasteiger partial charge in [0.1, 0.15) is 11.6 Å². The maximum absolute atomic E-state index is 11.8. The van der Waals surface area contributed by atoms with Crippen molar-refractivity contribution < 1.29 is 14.3 Å². The van der Waals surface area contributed by atoms with Crippen molar-refractivity contribution in [3.05, 3.63) is 53.7 Å². The quantitative estimate of drug-likeness (QED) is 0.857. The predicted molar refractivity (Wildman–Crippen MR) is 79.5 cm³/mol. The lowest BCUT2D eigenvalue weighted by Crippen LogP contribution is -2.20. The summed E-state index contributed by atoms with van der Waals surface area (Å²) in [7, 11) is 0. The van der Waals surface area contributed by atoms with E-state index >= 15 is 0 Å². The van der Waals surface area contributed by atoms with Gasteiger partial charge in [-0.15, -0.1) is 0 Å². The molecule has 1 amide bonds. The SMILES string of the molecule is CC(=O)c1cccc(OCC(=O)Nc2cccc(C)n2)c1. The Hall–Kier alpha value is -2.69. The molecular weight excluding hydrogens is 268 g/mol. The summed E-state index contributed by atoms with van der Waals surface area (Å²) < 4.78 is 5.37. The minimum atomic E-state index is -0.304. The van der Waals surface area contributed by atoms with E-state index in [2.05, 4.69) is 10.3 Å². The highest BCUT2D eigenvalue weighted by Crippen LogP contribution is 2.13. The van der Waals surface area contributed by atoms with Crippen molar-refractivity contribution in [2.45, 2.75) is 13.8 Å². The van der Waals surface area contributed by atoms with Crippen molar-refractivity contribution in [1.29, 1.82) is 0 Å². The summed E-state index contributed by atoms with van der Waals surface area (Å²) in [6.07, 6.45) is 0. The number of aromatic nitrogens is 1. The van der Waals surface area contributed by atoms with Gasteiger partial charge in [-0.25, -0.2) is 4.98 Å². The number of Topliss-reactive ketones (excluding diaryl/α,β-unsaturated/α-hetero) is 1. The lowest BCUT2D eigenvalue weighted by Gasteiger charge is -2.08. The Morgan fingerprint density at radius 1 is 1.19 bits per heavy atom. The van der Waals surface area contributed by atoms with Gasteiger partial charge in [-0.1, -0.05) is 18.2 Å². The molecule has 5 heteroatoms. The van der Waals surface area contributed by atoms with Gasteiger partial charge in [-0.05, 0) is 38.1 Å². The Kier molecular flexibility index (Phi) is 4.66. The van der Waals surface area contributed by atoms with Gasteiger partial charge in [0.25, 0.3) is 5.91 Å². The average Bonchev–Trinajstić information content (AvgIpc) is 2.45. The maximum atomic E-state index is 11.8. The lowest BCUT2D eigenvalue weighted by molar-refractivity contribution is -0.118. The van der Waals surface area contributed by atoms with Crippen LogP contribution in [0.5, 0.6) is 5.75 Å². The Balaban J connectivity index is 1.92. The van der Waals surface area contributed by atoms with E-state index in [1.54, 1.807) is 30.3 Å². The van der Waals surface area contributed by atoms with Crippen LogP contribution in [0.25, 0.3) is 0 Å². The third kappa shape index (κ3) is 4.42. The van der Waals surface area contributed by atoms with E-state index in [4.69, 9.17) is 4.74 Å². The molecule has 0 fully saturated rings. The van der Waals surface area contributed by atoms with Crippen LogP contribution in [0.2, 0.25) is 0 Å². The molecule has 0 unspecified atom stereocenters. The fourth-order valence-electron chi connectivity index (χ4n) is 1.75. The number of aryl methyl sites for hydroxylation is 1. The van der Waals surface area contributed by atoms with Crippen molar-refractivity contribution in [2.24, 2.45) is 0 Å². The monoisotopic (exact) mass is 284 g/mol. The summed E-state index contributed by atoms with van der Waals surface area (Å²) in [6.45, 7) is 3.19. The summed E-state index contributed by atoms with van der Waals surface area (Å²) in [5.74, 6) is 0.617. The van der Waals surface area contributed by atoms with Gasteiger partial charge < -0.3 is 10.1 Å². The molecule has 0 saturated carbocycles. The van der Waals surface area contributed by atoms with Gasteiger partial charge in [0.15, 0.2) is 12.4 Å². The zero-order valence-corrected chi connectivity index (χ0v) is 11.9. The third-order valence-corrected chi connectivity index (χ3v) is 2.77. The molecule has 0 aliphatic rings. The molecule has 0 aliphatic carbocycles. The summed E-state index contributed by atoms with van der Waals surface area (Å²) in [6, 6.07) is 12.1. The highest BCUT2D eigenvalue weighted by molar-refractivity contribution is 5.94. The van der Waals surface area contributed by atoms with Crippen LogP contribution in [0.4, 0.5) is 5.82 Å². The maximum Gasteiger partial charge on any atom is 0.263 e. The van der Waals surface area contributed by atoms with E-state index in [1.807, 2.05) is 19.1 Å². The van der Waals surface area contributed by atoms with Crippen molar-refractivity contribution in [3.8, 4) is 5.75 Å².